The Morgan fingerprint density at radius 2 is 1.74 bits per heavy atom. The zero-order valence-corrected chi connectivity index (χ0v) is 17.8. The summed E-state index contributed by atoms with van der Waals surface area (Å²) in [5, 5.41) is 9.86. The maximum Gasteiger partial charge on any atom is 0.348 e. The molecule has 154 valence electrons. The predicted octanol–water partition coefficient (Wildman–Crippen LogP) is 5.12. The summed E-state index contributed by atoms with van der Waals surface area (Å²) >= 11 is 0. The minimum atomic E-state index is -0.315. The fourth-order valence-corrected chi connectivity index (χ4v) is 3.65. The highest BCUT2D eigenvalue weighted by Crippen LogP contribution is 2.30. The Bertz CT molecular complexity index is 1330. The molecule has 0 saturated carbocycles. The van der Waals surface area contributed by atoms with Crippen molar-refractivity contribution in [1.29, 1.82) is 5.26 Å². The Labute approximate surface area is 181 Å². The molecule has 3 aromatic carbocycles. The van der Waals surface area contributed by atoms with Crippen LogP contribution in [0, 0.1) is 11.3 Å². The molecule has 5 nitrogen and oxygen atoms in total. The first-order valence-electron chi connectivity index (χ1n) is 10.2. The molecule has 31 heavy (non-hydrogen) atoms. The number of fused-ring (bicyclic) bond motifs is 1. The summed E-state index contributed by atoms with van der Waals surface area (Å²) in [6.07, 6.45) is 0. The highest BCUT2D eigenvalue weighted by Gasteiger charge is 2.14. The van der Waals surface area contributed by atoms with Crippen molar-refractivity contribution >= 4 is 10.9 Å². The van der Waals surface area contributed by atoms with Crippen LogP contribution in [-0.2, 0) is 6.54 Å². The third-order valence-electron chi connectivity index (χ3n) is 5.46. The SMILES string of the molecule is COc1ccc2c(c1)c(-c1ccc(C(C)C)cc1)nc(=O)n2Cc1ccc(C#N)cc1. The number of hydrogen-bond donors (Lipinski definition) is 0. The lowest BCUT2D eigenvalue weighted by atomic mass is 9.99. The molecular weight excluding hydrogens is 386 g/mol. The van der Waals surface area contributed by atoms with Crippen molar-refractivity contribution in [3.63, 3.8) is 0 Å². The molecule has 0 atom stereocenters. The van der Waals surface area contributed by atoms with E-state index in [0.717, 1.165) is 22.0 Å². The van der Waals surface area contributed by atoms with Gasteiger partial charge in [-0.3, -0.25) is 4.57 Å². The Morgan fingerprint density at radius 3 is 2.35 bits per heavy atom. The van der Waals surface area contributed by atoms with Crippen LogP contribution in [0.1, 0.15) is 36.5 Å². The molecule has 0 saturated heterocycles. The second-order valence-corrected chi connectivity index (χ2v) is 7.80. The molecule has 0 N–H and O–H groups in total. The van der Waals surface area contributed by atoms with Gasteiger partial charge in [0, 0.05) is 10.9 Å². The molecule has 0 unspecified atom stereocenters. The Kier molecular flexibility index (Phi) is 5.55. The molecule has 0 amide bonds. The first-order chi connectivity index (χ1) is 15.0. The molecule has 0 aliphatic rings. The van der Waals surface area contributed by atoms with Gasteiger partial charge < -0.3 is 4.74 Å². The summed E-state index contributed by atoms with van der Waals surface area (Å²) < 4.78 is 7.09. The molecule has 4 aromatic rings. The van der Waals surface area contributed by atoms with Crippen LogP contribution in [0.4, 0.5) is 0 Å². The number of hydrogen-bond acceptors (Lipinski definition) is 4. The van der Waals surface area contributed by atoms with Gasteiger partial charge in [0.15, 0.2) is 0 Å². The first kappa shape index (κ1) is 20.4. The van der Waals surface area contributed by atoms with Crippen molar-refractivity contribution in [1.82, 2.24) is 9.55 Å². The Morgan fingerprint density at radius 1 is 1.03 bits per heavy atom. The maximum atomic E-state index is 13.1. The van der Waals surface area contributed by atoms with Crippen molar-refractivity contribution in [2.24, 2.45) is 0 Å². The number of aromatic nitrogens is 2. The fourth-order valence-electron chi connectivity index (χ4n) is 3.65. The van der Waals surface area contributed by atoms with E-state index >= 15 is 0 Å². The second-order valence-electron chi connectivity index (χ2n) is 7.80. The Balaban J connectivity index is 1.87. The van der Waals surface area contributed by atoms with Gasteiger partial charge in [-0.05, 0) is 47.4 Å². The van der Waals surface area contributed by atoms with Gasteiger partial charge in [-0.25, -0.2) is 4.79 Å². The summed E-state index contributed by atoms with van der Waals surface area (Å²) in [5.41, 5.74) is 4.76. The number of ether oxygens (including phenoxy) is 1. The standard InChI is InChI=1S/C26H23N3O2/c1-17(2)20-8-10-21(11-9-20)25-23-14-22(31-3)12-13-24(23)29(26(30)28-25)16-19-6-4-18(15-27)5-7-19/h4-14,17H,16H2,1-3H3. The molecular formula is C26H23N3O2. The zero-order valence-electron chi connectivity index (χ0n) is 17.8. The summed E-state index contributed by atoms with van der Waals surface area (Å²) in [4.78, 5) is 17.5. The minimum Gasteiger partial charge on any atom is -0.497 e. The van der Waals surface area contributed by atoms with Crippen LogP contribution in [0.5, 0.6) is 5.75 Å². The van der Waals surface area contributed by atoms with E-state index in [-0.39, 0.29) is 5.69 Å². The highest BCUT2D eigenvalue weighted by atomic mass is 16.5. The lowest BCUT2D eigenvalue weighted by Gasteiger charge is -2.14. The Hall–Kier alpha value is -3.91. The van der Waals surface area contributed by atoms with E-state index in [1.165, 1.54) is 5.56 Å². The molecule has 0 radical (unpaired) electrons. The van der Waals surface area contributed by atoms with Crippen LogP contribution in [-0.4, -0.2) is 16.7 Å². The van der Waals surface area contributed by atoms with Gasteiger partial charge in [0.25, 0.3) is 0 Å². The molecule has 1 heterocycles. The van der Waals surface area contributed by atoms with E-state index in [1.807, 2.05) is 42.5 Å². The molecule has 4 rings (SSSR count). The van der Waals surface area contributed by atoms with Crippen LogP contribution < -0.4 is 10.4 Å². The van der Waals surface area contributed by atoms with Crippen molar-refractivity contribution in [2.45, 2.75) is 26.3 Å². The third kappa shape index (κ3) is 4.06. The average molecular weight is 409 g/mol. The number of methoxy groups -OCH3 is 1. The average Bonchev–Trinajstić information content (AvgIpc) is 2.80. The normalized spacial score (nSPS) is 10.9. The van der Waals surface area contributed by atoms with E-state index in [2.05, 4.69) is 37.0 Å². The molecule has 0 fully saturated rings. The summed E-state index contributed by atoms with van der Waals surface area (Å²) in [6, 6.07) is 23.2. The fraction of sp³-hybridized carbons (Fsp3) is 0.192. The molecule has 5 heteroatoms. The number of nitrogens with zero attached hydrogens (tertiary/aromatic N) is 3. The van der Waals surface area contributed by atoms with Crippen LogP contribution in [0.2, 0.25) is 0 Å². The van der Waals surface area contributed by atoms with E-state index in [4.69, 9.17) is 10.00 Å². The van der Waals surface area contributed by atoms with Gasteiger partial charge >= 0.3 is 5.69 Å². The lowest BCUT2D eigenvalue weighted by molar-refractivity contribution is 0.415. The largest absolute Gasteiger partial charge is 0.497 e. The zero-order chi connectivity index (χ0) is 22.0. The topological polar surface area (TPSA) is 67.9 Å². The van der Waals surface area contributed by atoms with Gasteiger partial charge in [0.2, 0.25) is 0 Å². The van der Waals surface area contributed by atoms with E-state index < -0.39 is 0 Å². The minimum absolute atomic E-state index is 0.315. The van der Waals surface area contributed by atoms with Crippen molar-refractivity contribution in [3.05, 3.63) is 93.9 Å². The van der Waals surface area contributed by atoms with Crippen LogP contribution in [0.3, 0.4) is 0 Å². The molecule has 0 aliphatic carbocycles. The molecule has 0 bridgehead atoms. The predicted molar refractivity (Wildman–Crippen MR) is 122 cm³/mol. The smallest absolute Gasteiger partial charge is 0.348 e. The van der Waals surface area contributed by atoms with Crippen LogP contribution in [0.15, 0.2) is 71.5 Å². The van der Waals surface area contributed by atoms with Gasteiger partial charge in [-0.1, -0.05) is 50.2 Å². The molecule has 1 aromatic heterocycles. The van der Waals surface area contributed by atoms with Crippen molar-refractivity contribution in [2.75, 3.05) is 7.11 Å². The van der Waals surface area contributed by atoms with Crippen LogP contribution in [0.25, 0.3) is 22.2 Å². The number of benzene rings is 3. The summed E-state index contributed by atoms with van der Waals surface area (Å²) in [5.74, 6) is 1.14. The molecule has 0 spiro atoms. The van der Waals surface area contributed by atoms with Crippen molar-refractivity contribution in [3.8, 4) is 23.1 Å². The van der Waals surface area contributed by atoms with E-state index in [0.29, 0.717) is 29.5 Å². The summed E-state index contributed by atoms with van der Waals surface area (Å²) in [6.45, 7) is 4.67. The monoisotopic (exact) mass is 409 g/mol. The maximum absolute atomic E-state index is 13.1. The summed E-state index contributed by atoms with van der Waals surface area (Å²) in [7, 11) is 1.62. The number of rotatable bonds is 5. The van der Waals surface area contributed by atoms with Crippen LogP contribution >= 0.6 is 0 Å². The van der Waals surface area contributed by atoms with E-state index in [1.54, 1.807) is 23.8 Å². The first-order valence-corrected chi connectivity index (χ1v) is 10.2. The van der Waals surface area contributed by atoms with Gasteiger partial charge in [0.1, 0.15) is 5.75 Å². The third-order valence-corrected chi connectivity index (χ3v) is 5.46. The van der Waals surface area contributed by atoms with E-state index in [9.17, 15) is 4.79 Å². The van der Waals surface area contributed by atoms with Crippen molar-refractivity contribution < 1.29 is 4.74 Å². The molecule has 0 aliphatic heterocycles. The van der Waals surface area contributed by atoms with Gasteiger partial charge in [-0.15, -0.1) is 0 Å². The second kappa shape index (κ2) is 8.45. The quantitative estimate of drug-likeness (QED) is 0.459. The highest BCUT2D eigenvalue weighted by molar-refractivity contribution is 5.93. The van der Waals surface area contributed by atoms with Gasteiger partial charge in [0.05, 0.1) is 36.5 Å². The lowest BCUT2D eigenvalue weighted by Crippen LogP contribution is -2.24. The van der Waals surface area contributed by atoms with Gasteiger partial charge in [-0.2, -0.15) is 10.2 Å². The number of nitriles is 1.